The van der Waals surface area contributed by atoms with E-state index in [1.807, 2.05) is 26.0 Å². The van der Waals surface area contributed by atoms with Gasteiger partial charge in [-0.05, 0) is 60.7 Å². The normalized spacial score (nSPS) is 12.5. The third-order valence-corrected chi connectivity index (χ3v) is 6.02. The minimum atomic E-state index is -3.86. The van der Waals surface area contributed by atoms with Crippen molar-refractivity contribution in [3.05, 3.63) is 58.9 Å². The summed E-state index contributed by atoms with van der Waals surface area (Å²) >= 11 is 0. The Morgan fingerprint density at radius 3 is 2.33 bits per heavy atom. The predicted molar refractivity (Wildman–Crippen MR) is 117 cm³/mol. The van der Waals surface area contributed by atoms with Crippen LogP contribution in [0.3, 0.4) is 0 Å². The summed E-state index contributed by atoms with van der Waals surface area (Å²) in [4.78, 5) is 12.7. The van der Waals surface area contributed by atoms with Crippen LogP contribution >= 0.6 is 0 Å². The molecule has 0 aliphatic heterocycles. The van der Waals surface area contributed by atoms with Crippen LogP contribution in [0, 0.1) is 12.7 Å². The number of halogens is 1. The highest BCUT2D eigenvalue weighted by atomic mass is 32.2. The fraction of sp³-hybridized carbons (Fsp3) is 0.409. The molecule has 8 heteroatoms. The van der Waals surface area contributed by atoms with Gasteiger partial charge in [0.1, 0.15) is 18.1 Å². The quantitative estimate of drug-likeness (QED) is 0.681. The lowest BCUT2D eigenvalue weighted by Gasteiger charge is -2.25. The van der Waals surface area contributed by atoms with E-state index in [4.69, 9.17) is 4.74 Å². The second-order valence-corrected chi connectivity index (χ2v) is 9.52. The molecule has 2 aromatic carbocycles. The summed E-state index contributed by atoms with van der Waals surface area (Å²) < 4.78 is 44.7. The van der Waals surface area contributed by atoms with E-state index in [1.165, 1.54) is 18.2 Å². The van der Waals surface area contributed by atoms with Gasteiger partial charge in [0.05, 0.1) is 25.1 Å². The molecule has 2 aromatic rings. The van der Waals surface area contributed by atoms with Gasteiger partial charge in [-0.25, -0.2) is 12.8 Å². The molecule has 0 aliphatic rings. The zero-order valence-corrected chi connectivity index (χ0v) is 19.0. The van der Waals surface area contributed by atoms with Crippen LogP contribution in [0.1, 0.15) is 49.4 Å². The Balaban J connectivity index is 2.27. The zero-order valence-electron chi connectivity index (χ0n) is 18.2. The summed E-state index contributed by atoms with van der Waals surface area (Å²) in [5, 5.41) is 2.82. The van der Waals surface area contributed by atoms with Gasteiger partial charge in [0.2, 0.25) is 15.9 Å². The molecule has 1 unspecified atom stereocenters. The maximum atomic E-state index is 14.1. The van der Waals surface area contributed by atoms with E-state index in [9.17, 15) is 17.6 Å². The van der Waals surface area contributed by atoms with Crippen molar-refractivity contribution in [1.82, 2.24) is 5.32 Å². The number of anilines is 1. The lowest BCUT2D eigenvalue weighted by molar-refractivity contribution is -0.120. The lowest BCUT2D eigenvalue weighted by atomic mass is 9.93. The molecule has 164 valence electrons. The van der Waals surface area contributed by atoms with Crippen LogP contribution in [0.5, 0.6) is 5.75 Å². The molecule has 30 heavy (non-hydrogen) atoms. The minimum Gasteiger partial charge on any atom is -0.496 e. The van der Waals surface area contributed by atoms with Crippen molar-refractivity contribution in [3.8, 4) is 5.75 Å². The van der Waals surface area contributed by atoms with Crippen LogP contribution in [0.2, 0.25) is 0 Å². The van der Waals surface area contributed by atoms with Crippen molar-refractivity contribution in [2.24, 2.45) is 0 Å². The van der Waals surface area contributed by atoms with Crippen molar-refractivity contribution in [3.63, 3.8) is 0 Å². The Hall–Kier alpha value is -2.61. The first kappa shape index (κ1) is 23.7. The number of sulfonamides is 1. The van der Waals surface area contributed by atoms with Crippen molar-refractivity contribution in [2.75, 3.05) is 24.2 Å². The van der Waals surface area contributed by atoms with Crippen molar-refractivity contribution in [2.45, 2.75) is 39.7 Å². The lowest BCUT2D eigenvalue weighted by Crippen LogP contribution is -2.41. The molecular weight excluding hydrogens is 407 g/mol. The van der Waals surface area contributed by atoms with Gasteiger partial charge in [-0.3, -0.25) is 9.10 Å². The van der Waals surface area contributed by atoms with Gasteiger partial charge in [-0.1, -0.05) is 26.0 Å². The SMILES string of the molecule is COc1cc(C)c(C(C)NC(=O)CN(c2ccccc2F)S(C)(=O)=O)cc1C(C)C. The number of rotatable bonds is 8. The highest BCUT2D eigenvalue weighted by Crippen LogP contribution is 2.32. The predicted octanol–water partition coefficient (Wildman–Crippen LogP) is 3.91. The van der Waals surface area contributed by atoms with E-state index in [0.717, 1.165) is 39.1 Å². The Labute approximate surface area is 178 Å². The van der Waals surface area contributed by atoms with E-state index >= 15 is 0 Å². The number of nitrogens with zero attached hydrogens (tertiary/aromatic N) is 1. The Morgan fingerprint density at radius 2 is 1.80 bits per heavy atom. The molecule has 1 amide bonds. The monoisotopic (exact) mass is 436 g/mol. The number of hydrogen-bond donors (Lipinski definition) is 1. The first-order chi connectivity index (χ1) is 14.0. The van der Waals surface area contributed by atoms with Gasteiger partial charge >= 0.3 is 0 Å². The van der Waals surface area contributed by atoms with Crippen LogP contribution < -0.4 is 14.4 Å². The molecule has 0 saturated carbocycles. The smallest absolute Gasteiger partial charge is 0.241 e. The van der Waals surface area contributed by atoms with Crippen molar-refractivity contribution in [1.29, 1.82) is 0 Å². The molecule has 0 radical (unpaired) electrons. The second kappa shape index (κ2) is 9.47. The molecule has 0 aliphatic carbocycles. The second-order valence-electron chi connectivity index (χ2n) is 7.62. The number of amides is 1. The van der Waals surface area contributed by atoms with E-state index in [0.29, 0.717) is 0 Å². The van der Waals surface area contributed by atoms with E-state index in [-0.39, 0.29) is 17.6 Å². The van der Waals surface area contributed by atoms with E-state index < -0.39 is 28.3 Å². The maximum absolute atomic E-state index is 14.1. The Morgan fingerprint density at radius 1 is 1.17 bits per heavy atom. The molecule has 0 saturated heterocycles. The molecule has 0 bridgehead atoms. The van der Waals surface area contributed by atoms with Gasteiger partial charge in [0.15, 0.2) is 0 Å². The summed E-state index contributed by atoms with van der Waals surface area (Å²) in [6, 6.07) is 9.01. The fourth-order valence-electron chi connectivity index (χ4n) is 3.34. The number of aryl methyl sites for hydroxylation is 1. The zero-order chi connectivity index (χ0) is 22.6. The highest BCUT2D eigenvalue weighted by Gasteiger charge is 2.25. The van der Waals surface area contributed by atoms with Gasteiger partial charge in [0, 0.05) is 0 Å². The van der Waals surface area contributed by atoms with E-state index in [1.54, 1.807) is 7.11 Å². The van der Waals surface area contributed by atoms with Gasteiger partial charge < -0.3 is 10.1 Å². The fourth-order valence-corrected chi connectivity index (χ4v) is 4.20. The van der Waals surface area contributed by atoms with E-state index in [2.05, 4.69) is 19.2 Å². The molecule has 0 aromatic heterocycles. The molecule has 6 nitrogen and oxygen atoms in total. The Bertz CT molecular complexity index is 1020. The summed E-state index contributed by atoms with van der Waals surface area (Å²) in [5.74, 6) is -0.231. The number of hydrogen-bond acceptors (Lipinski definition) is 4. The number of methoxy groups -OCH3 is 1. The van der Waals surface area contributed by atoms with Crippen LogP contribution in [0.15, 0.2) is 36.4 Å². The molecular formula is C22H29FN2O4S. The molecule has 2 rings (SSSR count). The molecule has 0 fully saturated rings. The van der Waals surface area contributed by atoms with Gasteiger partial charge in [-0.2, -0.15) is 0 Å². The highest BCUT2D eigenvalue weighted by molar-refractivity contribution is 7.92. The number of carbonyl (C=O) groups is 1. The summed E-state index contributed by atoms with van der Waals surface area (Å²) in [5.41, 5.74) is 2.71. The average Bonchev–Trinajstić information content (AvgIpc) is 2.65. The van der Waals surface area contributed by atoms with Crippen LogP contribution in [-0.4, -0.2) is 34.2 Å². The molecule has 1 atom stereocenters. The van der Waals surface area contributed by atoms with Crippen molar-refractivity contribution >= 4 is 21.6 Å². The first-order valence-electron chi connectivity index (χ1n) is 9.65. The summed E-state index contributed by atoms with van der Waals surface area (Å²) in [6.45, 7) is 7.34. The van der Waals surface area contributed by atoms with Gasteiger partial charge in [-0.15, -0.1) is 0 Å². The summed E-state index contributed by atoms with van der Waals surface area (Å²) in [6.07, 6.45) is 0.943. The number of para-hydroxylation sites is 1. The molecule has 0 spiro atoms. The topological polar surface area (TPSA) is 75.7 Å². The van der Waals surface area contributed by atoms with Crippen LogP contribution in [0.25, 0.3) is 0 Å². The minimum absolute atomic E-state index is 0.162. The largest absolute Gasteiger partial charge is 0.496 e. The van der Waals surface area contributed by atoms with Crippen LogP contribution in [-0.2, 0) is 14.8 Å². The third kappa shape index (κ3) is 5.50. The number of benzene rings is 2. The number of nitrogens with one attached hydrogen (secondary N) is 1. The van der Waals surface area contributed by atoms with Gasteiger partial charge in [0.25, 0.3) is 0 Å². The average molecular weight is 437 g/mol. The molecule has 1 N–H and O–H groups in total. The number of ether oxygens (including phenoxy) is 1. The Kier molecular flexibility index (Phi) is 7.47. The molecule has 0 heterocycles. The third-order valence-electron chi connectivity index (χ3n) is 4.89. The number of carbonyl (C=O) groups excluding carboxylic acids is 1. The standard InChI is InChI=1S/C22H29FN2O4S/c1-14(2)17-12-18(15(3)11-21(17)29-5)16(4)24-22(26)13-25(30(6,27)28)20-10-8-7-9-19(20)23/h7-12,14,16H,13H2,1-6H3,(H,24,26). The summed E-state index contributed by atoms with van der Waals surface area (Å²) in [7, 11) is -2.24. The first-order valence-corrected chi connectivity index (χ1v) is 11.5. The van der Waals surface area contributed by atoms with Crippen molar-refractivity contribution < 1.29 is 22.3 Å². The van der Waals surface area contributed by atoms with Crippen LogP contribution in [0.4, 0.5) is 10.1 Å². The maximum Gasteiger partial charge on any atom is 0.241 e.